The lowest BCUT2D eigenvalue weighted by Gasteiger charge is -2.26. The van der Waals surface area contributed by atoms with Crippen molar-refractivity contribution in [2.45, 2.75) is 70.9 Å². The minimum absolute atomic E-state index is 0.0157. The lowest BCUT2D eigenvalue weighted by atomic mass is 10.1. The summed E-state index contributed by atoms with van der Waals surface area (Å²) in [7, 11) is 1.78. The van der Waals surface area contributed by atoms with E-state index in [2.05, 4.69) is 22.2 Å². The highest BCUT2D eigenvalue weighted by molar-refractivity contribution is 5.80. The molecule has 1 rings (SSSR count). The highest BCUT2D eigenvalue weighted by Crippen LogP contribution is 2.10. The van der Waals surface area contributed by atoms with Gasteiger partial charge < -0.3 is 15.0 Å². The van der Waals surface area contributed by atoms with Crippen molar-refractivity contribution in [3.05, 3.63) is 18.2 Å². The van der Waals surface area contributed by atoms with E-state index in [4.69, 9.17) is 0 Å². The molecule has 3 N–H and O–H groups in total. The van der Waals surface area contributed by atoms with Crippen molar-refractivity contribution in [1.82, 2.24) is 20.2 Å². The van der Waals surface area contributed by atoms with Crippen molar-refractivity contribution >= 4 is 11.9 Å². The zero-order chi connectivity index (χ0) is 18.7. The second-order valence-electron chi connectivity index (χ2n) is 6.61. The Kier molecular flexibility index (Phi) is 9.84. The summed E-state index contributed by atoms with van der Waals surface area (Å²) >= 11 is 0. The van der Waals surface area contributed by atoms with Gasteiger partial charge in [0, 0.05) is 31.4 Å². The number of H-pyrrole nitrogens is 1. The van der Waals surface area contributed by atoms with Crippen molar-refractivity contribution in [2.24, 2.45) is 0 Å². The van der Waals surface area contributed by atoms with Gasteiger partial charge in [-0.05, 0) is 13.3 Å². The summed E-state index contributed by atoms with van der Waals surface area (Å²) in [4.78, 5) is 32.1. The topological polar surface area (TPSA) is 98.3 Å². The number of aliphatic carboxylic acids is 1. The first-order valence-corrected chi connectivity index (χ1v) is 9.14. The number of amides is 1. The number of carboxylic acid groups (broad SMARTS) is 1. The number of imidazole rings is 1. The Balaban J connectivity index is 2.35. The molecule has 25 heavy (non-hydrogen) atoms. The Morgan fingerprint density at radius 1 is 1.32 bits per heavy atom. The van der Waals surface area contributed by atoms with E-state index in [9.17, 15) is 14.7 Å². The average Bonchev–Trinajstić information content (AvgIpc) is 3.10. The van der Waals surface area contributed by atoms with Gasteiger partial charge in [-0.25, -0.2) is 4.98 Å². The van der Waals surface area contributed by atoms with Gasteiger partial charge in [-0.1, -0.05) is 39.0 Å². The number of hydrogen-bond donors (Lipinski definition) is 3. The van der Waals surface area contributed by atoms with Crippen LogP contribution in [0.2, 0.25) is 0 Å². The minimum atomic E-state index is -0.978. The summed E-state index contributed by atoms with van der Waals surface area (Å²) in [6, 6.07) is -0.658. The minimum Gasteiger partial charge on any atom is -0.480 e. The molecule has 142 valence electrons. The molecule has 0 aromatic carbocycles. The van der Waals surface area contributed by atoms with Crippen LogP contribution in [0.15, 0.2) is 12.5 Å². The average molecular weight is 352 g/mol. The zero-order valence-corrected chi connectivity index (χ0v) is 15.6. The maximum Gasteiger partial charge on any atom is 0.321 e. The number of carbonyl (C=O) groups is 2. The fraction of sp³-hybridized carbons (Fsp3) is 0.722. The predicted molar refractivity (Wildman–Crippen MR) is 97.3 cm³/mol. The molecule has 0 saturated carbocycles. The van der Waals surface area contributed by atoms with Gasteiger partial charge in [0.05, 0.1) is 12.9 Å². The molecule has 0 spiro atoms. The second-order valence-corrected chi connectivity index (χ2v) is 6.61. The van der Waals surface area contributed by atoms with Crippen molar-refractivity contribution in [3.8, 4) is 0 Å². The summed E-state index contributed by atoms with van der Waals surface area (Å²) < 4.78 is 0. The van der Waals surface area contributed by atoms with Crippen molar-refractivity contribution in [3.63, 3.8) is 0 Å². The summed E-state index contributed by atoms with van der Waals surface area (Å²) in [5, 5.41) is 12.1. The Labute approximate surface area is 150 Å². The van der Waals surface area contributed by atoms with Gasteiger partial charge in [0.25, 0.3) is 0 Å². The molecule has 0 aliphatic rings. The highest BCUT2D eigenvalue weighted by atomic mass is 16.4. The number of rotatable bonds is 13. The van der Waals surface area contributed by atoms with Crippen LogP contribution in [0, 0.1) is 0 Å². The third-order valence-electron chi connectivity index (χ3n) is 4.56. The van der Waals surface area contributed by atoms with Gasteiger partial charge in [-0.3, -0.25) is 14.9 Å². The van der Waals surface area contributed by atoms with Crippen LogP contribution < -0.4 is 5.32 Å². The van der Waals surface area contributed by atoms with Crippen LogP contribution in [0.25, 0.3) is 0 Å². The Morgan fingerprint density at radius 2 is 2.04 bits per heavy atom. The number of carbonyl (C=O) groups excluding carboxylic acids is 1. The summed E-state index contributed by atoms with van der Waals surface area (Å²) in [5.74, 6) is -1.06. The molecule has 1 unspecified atom stereocenters. The first-order valence-electron chi connectivity index (χ1n) is 9.14. The quantitative estimate of drug-likeness (QED) is 0.473. The molecule has 0 aliphatic heterocycles. The van der Waals surface area contributed by atoms with Crippen molar-refractivity contribution in [1.29, 1.82) is 0 Å². The van der Waals surface area contributed by atoms with E-state index in [0.29, 0.717) is 0 Å². The number of unbranched alkanes of at least 4 members (excludes halogenated alkanes) is 4. The van der Waals surface area contributed by atoms with Gasteiger partial charge >= 0.3 is 5.97 Å². The van der Waals surface area contributed by atoms with Crippen molar-refractivity contribution in [2.75, 3.05) is 13.6 Å². The number of aromatic nitrogens is 2. The summed E-state index contributed by atoms with van der Waals surface area (Å²) in [6.45, 7) is 4.25. The number of likely N-dealkylation sites (N-methyl/N-ethyl adjacent to an activating group) is 1. The van der Waals surface area contributed by atoms with Gasteiger partial charge in [-0.2, -0.15) is 0 Å². The number of nitrogens with zero attached hydrogens (tertiary/aromatic N) is 2. The smallest absolute Gasteiger partial charge is 0.321 e. The molecule has 1 aromatic rings. The van der Waals surface area contributed by atoms with E-state index < -0.39 is 12.0 Å². The Bertz CT molecular complexity index is 504. The van der Waals surface area contributed by atoms with Crippen LogP contribution in [0.3, 0.4) is 0 Å². The van der Waals surface area contributed by atoms with E-state index >= 15 is 0 Å². The maximum absolute atomic E-state index is 12.3. The fourth-order valence-corrected chi connectivity index (χ4v) is 2.68. The largest absolute Gasteiger partial charge is 0.480 e. The Hall–Kier alpha value is -1.89. The molecule has 1 heterocycles. The van der Waals surface area contributed by atoms with Gasteiger partial charge in [0.15, 0.2) is 0 Å². The number of nitrogens with one attached hydrogen (secondary N) is 2. The molecule has 0 saturated heterocycles. The second kappa shape index (κ2) is 11.6. The highest BCUT2D eigenvalue weighted by Gasteiger charge is 2.21. The summed E-state index contributed by atoms with van der Waals surface area (Å²) in [5.41, 5.74) is 0.723. The van der Waals surface area contributed by atoms with Crippen LogP contribution in [0.5, 0.6) is 0 Å². The summed E-state index contributed by atoms with van der Waals surface area (Å²) in [6.07, 6.45) is 10.4. The Morgan fingerprint density at radius 3 is 2.64 bits per heavy atom. The molecule has 0 radical (unpaired) electrons. The molecule has 7 heteroatoms. The van der Waals surface area contributed by atoms with E-state index in [0.717, 1.165) is 18.5 Å². The van der Waals surface area contributed by atoms with E-state index in [1.165, 1.54) is 32.0 Å². The number of carboxylic acids is 1. The SMILES string of the molecule is CCCCCCCC(C)N(C)C(=O)CN[C@@H](Cc1cnc[nH]1)C(=O)O. The fourth-order valence-electron chi connectivity index (χ4n) is 2.68. The third-order valence-corrected chi connectivity index (χ3v) is 4.56. The molecule has 1 aromatic heterocycles. The van der Waals surface area contributed by atoms with E-state index in [-0.39, 0.29) is 24.9 Å². The first kappa shape index (κ1) is 21.2. The van der Waals surface area contributed by atoms with Gasteiger partial charge in [-0.15, -0.1) is 0 Å². The third kappa shape index (κ3) is 8.16. The predicted octanol–water partition coefficient (Wildman–Crippen LogP) is 2.20. The standard InChI is InChI=1S/C18H32N4O3/c1-4-5-6-7-8-9-14(2)22(3)17(23)12-20-16(18(24)25)10-15-11-19-13-21-15/h11,13-14,16,20H,4-10,12H2,1-3H3,(H,19,21)(H,24,25)/t14?,16-/m0/s1. The monoisotopic (exact) mass is 352 g/mol. The van der Waals surface area contributed by atoms with Crippen LogP contribution in [-0.4, -0.2) is 57.5 Å². The van der Waals surface area contributed by atoms with Crippen LogP contribution in [0.4, 0.5) is 0 Å². The molecular formula is C18H32N4O3. The molecule has 0 aliphatic carbocycles. The van der Waals surface area contributed by atoms with Crippen LogP contribution >= 0.6 is 0 Å². The first-order chi connectivity index (χ1) is 12.0. The van der Waals surface area contributed by atoms with Crippen molar-refractivity contribution < 1.29 is 14.7 Å². The molecule has 0 bridgehead atoms. The molecular weight excluding hydrogens is 320 g/mol. The van der Waals surface area contributed by atoms with E-state index in [1.807, 2.05) is 6.92 Å². The number of aromatic amines is 1. The maximum atomic E-state index is 12.3. The van der Waals surface area contributed by atoms with Crippen LogP contribution in [-0.2, 0) is 16.0 Å². The molecule has 0 fully saturated rings. The normalized spacial score (nSPS) is 13.4. The van der Waals surface area contributed by atoms with Gasteiger partial charge in [0.2, 0.25) is 5.91 Å². The zero-order valence-electron chi connectivity index (χ0n) is 15.6. The molecule has 1 amide bonds. The number of hydrogen-bond acceptors (Lipinski definition) is 4. The lowest BCUT2D eigenvalue weighted by molar-refractivity contribution is -0.139. The van der Waals surface area contributed by atoms with Crippen LogP contribution in [0.1, 0.15) is 58.1 Å². The lowest BCUT2D eigenvalue weighted by Crippen LogP contribution is -2.46. The van der Waals surface area contributed by atoms with E-state index in [1.54, 1.807) is 18.1 Å². The molecule has 7 nitrogen and oxygen atoms in total. The van der Waals surface area contributed by atoms with Gasteiger partial charge in [0.1, 0.15) is 6.04 Å². The molecule has 2 atom stereocenters.